The highest BCUT2D eigenvalue weighted by Crippen LogP contribution is 2.43. The molecule has 8 heteroatoms. The number of amides is 3. The first-order valence-electron chi connectivity index (χ1n) is 12.5. The minimum absolute atomic E-state index is 0.0688. The predicted octanol–water partition coefficient (Wildman–Crippen LogP) is 7.21. The van der Waals surface area contributed by atoms with Gasteiger partial charge < -0.3 is 15.4 Å². The number of ether oxygens (including phenoxy) is 1. The Kier molecular flexibility index (Phi) is 8.10. The van der Waals surface area contributed by atoms with E-state index in [0.717, 1.165) is 15.5 Å². The molecule has 0 aromatic heterocycles. The highest BCUT2D eigenvalue weighted by Gasteiger charge is 2.36. The molecule has 0 fully saturated rings. The van der Waals surface area contributed by atoms with E-state index in [2.05, 4.69) is 28.9 Å². The molecule has 1 heterocycles. The zero-order chi connectivity index (χ0) is 26.5. The summed E-state index contributed by atoms with van der Waals surface area (Å²) in [6, 6.07) is 22.7. The standard InChI is InChI=1S/C30H29N3O3S2/c1-3-36-26-16-7-4-13-23(26)32-29(34)20(2)37-22-12-10-11-21(19-22)31-30(35)33-24-14-5-8-17-27(24)38-28-18-9-6-15-25(28)33/h4-20,24,27H,3H2,1-2H3,(H,31,35)(H,32,34). The molecular formula is C30H29N3O3S2. The first kappa shape index (κ1) is 26.0. The van der Waals surface area contributed by atoms with Crippen LogP contribution in [0.1, 0.15) is 13.8 Å². The van der Waals surface area contributed by atoms with Gasteiger partial charge in [0.05, 0.1) is 34.5 Å². The minimum Gasteiger partial charge on any atom is -0.492 e. The summed E-state index contributed by atoms with van der Waals surface area (Å²) in [5.74, 6) is 0.524. The molecular weight excluding hydrogens is 514 g/mol. The summed E-state index contributed by atoms with van der Waals surface area (Å²) < 4.78 is 5.62. The van der Waals surface area contributed by atoms with Crippen LogP contribution in [0, 0.1) is 0 Å². The molecule has 0 spiro atoms. The second kappa shape index (κ2) is 11.8. The van der Waals surface area contributed by atoms with Crippen molar-refractivity contribution >= 4 is 52.5 Å². The highest BCUT2D eigenvalue weighted by atomic mass is 32.2. The van der Waals surface area contributed by atoms with Gasteiger partial charge in [0.2, 0.25) is 5.91 Å². The molecule has 38 heavy (non-hydrogen) atoms. The molecule has 0 saturated carbocycles. The van der Waals surface area contributed by atoms with Crippen molar-refractivity contribution in [2.45, 2.75) is 40.2 Å². The Hall–Kier alpha value is -3.62. The number of anilines is 3. The fraction of sp³-hybridized carbons (Fsp3) is 0.200. The van der Waals surface area contributed by atoms with Gasteiger partial charge >= 0.3 is 6.03 Å². The van der Waals surface area contributed by atoms with Gasteiger partial charge in [0.1, 0.15) is 5.75 Å². The molecule has 1 aliphatic carbocycles. The summed E-state index contributed by atoms with van der Waals surface area (Å²) in [6.45, 7) is 4.29. The summed E-state index contributed by atoms with van der Waals surface area (Å²) in [5, 5.41) is 5.85. The van der Waals surface area contributed by atoms with Gasteiger partial charge in [-0.2, -0.15) is 0 Å². The topological polar surface area (TPSA) is 70.7 Å². The van der Waals surface area contributed by atoms with Crippen molar-refractivity contribution in [1.82, 2.24) is 0 Å². The lowest BCUT2D eigenvalue weighted by atomic mass is 10.1. The lowest BCUT2D eigenvalue weighted by Crippen LogP contribution is -2.49. The van der Waals surface area contributed by atoms with Crippen LogP contribution in [0.5, 0.6) is 5.75 Å². The van der Waals surface area contributed by atoms with Crippen molar-refractivity contribution in [2.24, 2.45) is 0 Å². The number of hydrogen-bond acceptors (Lipinski definition) is 5. The van der Waals surface area contributed by atoms with Gasteiger partial charge in [-0.25, -0.2) is 4.79 Å². The molecule has 3 unspecified atom stereocenters. The normalized spacial score (nSPS) is 18.2. The molecule has 2 aliphatic rings. The number of nitrogens with one attached hydrogen (secondary N) is 2. The first-order chi connectivity index (χ1) is 18.5. The van der Waals surface area contributed by atoms with Gasteiger partial charge in [0, 0.05) is 15.5 Å². The third-order valence-electron chi connectivity index (χ3n) is 6.17. The summed E-state index contributed by atoms with van der Waals surface area (Å²) in [6.07, 6.45) is 8.24. The number of benzene rings is 3. The fourth-order valence-corrected chi connectivity index (χ4v) is 6.58. The molecule has 0 saturated heterocycles. The van der Waals surface area contributed by atoms with E-state index in [0.29, 0.717) is 23.7 Å². The number of hydrogen-bond donors (Lipinski definition) is 2. The molecule has 3 amide bonds. The fourth-order valence-electron chi connectivity index (χ4n) is 4.40. The molecule has 3 aromatic carbocycles. The lowest BCUT2D eigenvalue weighted by molar-refractivity contribution is -0.115. The van der Waals surface area contributed by atoms with Crippen molar-refractivity contribution in [2.75, 3.05) is 22.1 Å². The molecule has 5 rings (SSSR count). The molecule has 194 valence electrons. The largest absolute Gasteiger partial charge is 0.492 e. The number of allylic oxidation sites excluding steroid dienone is 2. The maximum Gasteiger partial charge on any atom is 0.326 e. The van der Waals surface area contributed by atoms with Crippen molar-refractivity contribution in [3.05, 3.63) is 97.1 Å². The van der Waals surface area contributed by atoms with Crippen LogP contribution < -0.4 is 20.3 Å². The van der Waals surface area contributed by atoms with E-state index in [-0.39, 0.29) is 28.5 Å². The Bertz CT molecular complexity index is 1390. The molecule has 3 aromatic rings. The van der Waals surface area contributed by atoms with Gasteiger partial charge in [0.25, 0.3) is 0 Å². The number of para-hydroxylation sites is 3. The monoisotopic (exact) mass is 543 g/mol. The first-order valence-corrected chi connectivity index (χ1v) is 14.3. The second-order valence-electron chi connectivity index (χ2n) is 8.82. The van der Waals surface area contributed by atoms with E-state index in [4.69, 9.17) is 4.74 Å². The van der Waals surface area contributed by atoms with E-state index in [1.54, 1.807) is 11.8 Å². The van der Waals surface area contributed by atoms with Gasteiger partial charge in [0.15, 0.2) is 0 Å². The Morgan fingerprint density at radius 2 is 1.79 bits per heavy atom. The maximum atomic E-state index is 13.6. The average Bonchev–Trinajstić information content (AvgIpc) is 2.93. The van der Waals surface area contributed by atoms with Gasteiger partial charge in [-0.15, -0.1) is 23.5 Å². The molecule has 0 bridgehead atoms. The number of thioether (sulfide) groups is 2. The molecule has 0 radical (unpaired) electrons. The number of nitrogens with zero attached hydrogens (tertiary/aromatic N) is 1. The van der Waals surface area contributed by atoms with Crippen LogP contribution in [0.15, 0.2) is 107 Å². The van der Waals surface area contributed by atoms with Crippen LogP contribution in [0.3, 0.4) is 0 Å². The van der Waals surface area contributed by atoms with Crippen LogP contribution in [0.4, 0.5) is 21.9 Å². The SMILES string of the molecule is CCOc1ccccc1NC(=O)C(C)Sc1cccc(NC(=O)N2c3ccccc3SC3C=CC=CC32)c1. The summed E-state index contributed by atoms with van der Waals surface area (Å²) in [4.78, 5) is 30.3. The smallest absolute Gasteiger partial charge is 0.326 e. The van der Waals surface area contributed by atoms with Crippen LogP contribution in [-0.4, -0.2) is 35.1 Å². The predicted molar refractivity (Wildman–Crippen MR) is 158 cm³/mol. The van der Waals surface area contributed by atoms with E-state index in [9.17, 15) is 9.59 Å². The molecule has 3 atom stereocenters. The Balaban J connectivity index is 1.28. The van der Waals surface area contributed by atoms with Gasteiger partial charge in [-0.1, -0.05) is 54.6 Å². The Morgan fingerprint density at radius 3 is 2.66 bits per heavy atom. The van der Waals surface area contributed by atoms with Crippen LogP contribution in [0.2, 0.25) is 0 Å². The number of urea groups is 1. The van der Waals surface area contributed by atoms with Gasteiger partial charge in [-0.3, -0.25) is 9.69 Å². The number of carbonyl (C=O) groups excluding carboxylic acids is 2. The van der Waals surface area contributed by atoms with E-state index in [1.165, 1.54) is 11.8 Å². The average molecular weight is 544 g/mol. The molecule has 1 aliphatic heterocycles. The zero-order valence-corrected chi connectivity index (χ0v) is 22.8. The van der Waals surface area contributed by atoms with Crippen molar-refractivity contribution in [1.29, 1.82) is 0 Å². The van der Waals surface area contributed by atoms with Gasteiger partial charge in [-0.05, 0) is 56.3 Å². The highest BCUT2D eigenvalue weighted by molar-refractivity contribution is 8.00. The quantitative estimate of drug-likeness (QED) is 0.308. The van der Waals surface area contributed by atoms with Crippen molar-refractivity contribution < 1.29 is 14.3 Å². The third-order valence-corrected chi connectivity index (χ3v) is 8.57. The lowest BCUT2D eigenvalue weighted by Gasteiger charge is -2.40. The van der Waals surface area contributed by atoms with Crippen LogP contribution in [-0.2, 0) is 4.79 Å². The van der Waals surface area contributed by atoms with E-state index in [1.807, 2.05) is 97.6 Å². The number of rotatable bonds is 7. The molecule has 6 nitrogen and oxygen atoms in total. The van der Waals surface area contributed by atoms with Crippen LogP contribution >= 0.6 is 23.5 Å². The maximum absolute atomic E-state index is 13.6. The number of carbonyl (C=O) groups is 2. The van der Waals surface area contributed by atoms with Crippen LogP contribution in [0.25, 0.3) is 0 Å². The molecule has 2 N–H and O–H groups in total. The number of fused-ring (bicyclic) bond motifs is 2. The Labute approximate surface area is 231 Å². The van der Waals surface area contributed by atoms with E-state index >= 15 is 0 Å². The summed E-state index contributed by atoms with van der Waals surface area (Å²) >= 11 is 3.21. The minimum atomic E-state index is -0.360. The second-order valence-corrected chi connectivity index (χ2v) is 11.5. The third kappa shape index (κ3) is 5.76. The Morgan fingerprint density at radius 1 is 1.00 bits per heavy atom. The van der Waals surface area contributed by atoms with Crippen molar-refractivity contribution in [3.8, 4) is 5.75 Å². The summed E-state index contributed by atoms with van der Waals surface area (Å²) in [7, 11) is 0. The van der Waals surface area contributed by atoms with Crippen molar-refractivity contribution in [3.63, 3.8) is 0 Å². The zero-order valence-electron chi connectivity index (χ0n) is 21.2. The summed E-state index contributed by atoms with van der Waals surface area (Å²) in [5.41, 5.74) is 2.23. The van der Waals surface area contributed by atoms with E-state index < -0.39 is 0 Å².